The Balaban J connectivity index is 0.000000922. The van der Waals surface area contributed by atoms with Crippen LogP contribution in [0.25, 0.3) is 90.9 Å². The van der Waals surface area contributed by atoms with Gasteiger partial charge in [-0.05, 0) is 70.8 Å². The molecule has 0 unspecified atom stereocenters. The van der Waals surface area contributed by atoms with E-state index in [4.69, 9.17) is 20.1 Å². The maximum atomic E-state index is 8.76. The average Bonchev–Trinajstić information content (AvgIpc) is 4.01. The Hall–Kier alpha value is -6.50. The van der Waals surface area contributed by atoms with Crippen LogP contribution in [0.15, 0.2) is 146 Å². The summed E-state index contributed by atoms with van der Waals surface area (Å²) < 4.78 is -0.610. The Labute approximate surface area is 310 Å². The summed E-state index contributed by atoms with van der Waals surface area (Å²) >= 11 is 1.54. The number of benzene rings is 4. The van der Waals surface area contributed by atoms with E-state index in [9.17, 15) is 0 Å². The van der Waals surface area contributed by atoms with Gasteiger partial charge in [-0.3, -0.25) is 0 Å². The Morgan fingerprint density at radius 3 is 0.827 bits per heavy atom. The van der Waals surface area contributed by atoms with Crippen LogP contribution in [-0.2, 0) is 18.5 Å². The molecule has 5 heterocycles. The molecule has 52 heavy (non-hydrogen) atoms. The molecule has 9 rings (SSSR count). The number of aromatic nitrogens is 4. The maximum absolute atomic E-state index is 8.76. The van der Waals surface area contributed by atoms with E-state index in [0.717, 1.165) is 89.4 Å². The van der Waals surface area contributed by atoms with Crippen LogP contribution in [0.2, 0.25) is 0 Å². The van der Waals surface area contributed by atoms with Crippen LogP contribution in [-0.4, -0.2) is 23.6 Å². The van der Waals surface area contributed by atoms with Crippen LogP contribution in [0.1, 0.15) is 22.8 Å². The number of H-pyrrole nitrogens is 2. The molecule has 0 saturated carbocycles. The van der Waals surface area contributed by atoms with Crippen molar-refractivity contribution in [2.75, 3.05) is 0 Å². The summed E-state index contributed by atoms with van der Waals surface area (Å²) in [6.07, 6.45) is 8.54. The van der Waals surface area contributed by atoms with Crippen LogP contribution in [0.5, 0.6) is 0 Å². The van der Waals surface area contributed by atoms with Gasteiger partial charge in [-0.25, -0.2) is 9.97 Å². The Kier molecular flexibility index (Phi) is 9.05. The molecule has 8 bridgehead atoms. The Morgan fingerprint density at radius 1 is 0.404 bits per heavy atom. The molecule has 0 radical (unpaired) electrons. The normalized spacial score (nSPS) is 11.6. The van der Waals surface area contributed by atoms with E-state index in [2.05, 4.69) is 156 Å². The molecule has 2 aliphatic rings. The minimum absolute atomic E-state index is 0.610. The van der Waals surface area contributed by atoms with Gasteiger partial charge in [0.05, 0.1) is 22.8 Å². The molecular weight excluding hydrogens is 733 g/mol. The van der Waals surface area contributed by atoms with Gasteiger partial charge < -0.3 is 9.97 Å². The number of nitro groups is 1. The molecule has 252 valence electrons. The third-order valence-corrected chi connectivity index (χ3v) is 9.00. The SMILES string of the molecule is C1=Cc2nc1c(-c1ccccc1)c1ccc([nH]1)c(-c1ccccc1)c1nc(c(-c3ccccc3)c3ccc([nH]3)c2-c2ccccc2)C=C1.O=[N+]([O-])[Rh]. The topological polar surface area (TPSA) is 101 Å². The molecule has 7 nitrogen and oxygen atoms in total. The van der Waals surface area contributed by atoms with Crippen molar-refractivity contribution in [3.8, 4) is 44.5 Å². The van der Waals surface area contributed by atoms with E-state index in [1.165, 1.54) is 18.5 Å². The second kappa shape index (κ2) is 14.4. The van der Waals surface area contributed by atoms with Gasteiger partial charge in [0.2, 0.25) is 0 Å². The first kappa shape index (κ1) is 32.7. The van der Waals surface area contributed by atoms with Crippen molar-refractivity contribution < 1.29 is 22.2 Å². The van der Waals surface area contributed by atoms with Crippen molar-refractivity contribution in [1.29, 1.82) is 0 Å². The fraction of sp³-hybridized carbons (Fsp3) is 0. The van der Waals surface area contributed by atoms with Gasteiger partial charge in [0.1, 0.15) is 0 Å². The monoisotopic (exact) mass is 763 g/mol. The average molecular weight is 764 g/mol. The van der Waals surface area contributed by atoms with Crippen molar-refractivity contribution in [2.24, 2.45) is 0 Å². The van der Waals surface area contributed by atoms with Crippen molar-refractivity contribution in [2.45, 2.75) is 0 Å². The standard InChI is InChI=1S/C44H30N4.NO2.Rh/c1-5-13-29(14-6-1)41-33-21-23-35(45-33)42(30-15-7-2-8-16-30)37-25-27-39(47-37)44(32-19-11-4-12-20-32)40-28-26-38(48-40)43(31-17-9-3-10-18-31)36-24-22-34(41)46-36;2-1-3;/h1-28,45,48H;;. The quantitative estimate of drug-likeness (QED) is 0.106. The summed E-state index contributed by atoms with van der Waals surface area (Å²) in [6.45, 7) is 0. The molecule has 4 aromatic carbocycles. The molecule has 0 fully saturated rings. The fourth-order valence-electron chi connectivity index (χ4n) is 6.84. The van der Waals surface area contributed by atoms with Crippen molar-refractivity contribution in [3.05, 3.63) is 178 Å². The van der Waals surface area contributed by atoms with E-state index in [1.54, 1.807) is 0 Å². The summed E-state index contributed by atoms with van der Waals surface area (Å²) in [5.41, 5.74) is 16.2. The van der Waals surface area contributed by atoms with E-state index >= 15 is 0 Å². The van der Waals surface area contributed by atoms with E-state index in [1.807, 2.05) is 24.3 Å². The van der Waals surface area contributed by atoms with Crippen LogP contribution in [0.4, 0.5) is 0 Å². The molecule has 0 aliphatic carbocycles. The molecule has 0 amide bonds. The minimum atomic E-state index is -0.610. The first-order chi connectivity index (χ1) is 25.5. The van der Waals surface area contributed by atoms with Gasteiger partial charge >= 0.3 is 32.3 Å². The fourth-order valence-corrected chi connectivity index (χ4v) is 6.84. The number of nitrogens with zero attached hydrogens (tertiary/aromatic N) is 3. The molecule has 8 heteroatoms. The van der Waals surface area contributed by atoms with Crippen LogP contribution in [0.3, 0.4) is 0 Å². The third-order valence-electron chi connectivity index (χ3n) is 9.00. The summed E-state index contributed by atoms with van der Waals surface area (Å²) in [4.78, 5) is 27.1. The predicted octanol–water partition coefficient (Wildman–Crippen LogP) is 11.0. The van der Waals surface area contributed by atoms with Gasteiger partial charge in [-0.2, -0.15) is 0 Å². The molecule has 3 aromatic heterocycles. The first-order valence-electron chi connectivity index (χ1n) is 16.7. The van der Waals surface area contributed by atoms with E-state index in [0.29, 0.717) is 0 Å². The zero-order chi connectivity index (χ0) is 35.4. The van der Waals surface area contributed by atoms with Crippen molar-refractivity contribution in [3.63, 3.8) is 0 Å². The van der Waals surface area contributed by atoms with Gasteiger partial charge in [0.25, 0.3) is 0 Å². The van der Waals surface area contributed by atoms with Crippen molar-refractivity contribution in [1.82, 2.24) is 19.9 Å². The number of fused-ring (bicyclic) bond motifs is 8. The van der Waals surface area contributed by atoms with Gasteiger partial charge in [-0.1, -0.05) is 121 Å². The van der Waals surface area contributed by atoms with E-state index < -0.39 is 3.67 Å². The second-order valence-electron chi connectivity index (χ2n) is 12.2. The summed E-state index contributed by atoms with van der Waals surface area (Å²) in [5.74, 6) is 0. The first-order valence-corrected chi connectivity index (χ1v) is 17.4. The zero-order valence-corrected chi connectivity index (χ0v) is 29.3. The predicted molar refractivity (Wildman–Crippen MR) is 208 cm³/mol. The third kappa shape index (κ3) is 6.55. The van der Waals surface area contributed by atoms with Gasteiger partial charge in [0, 0.05) is 44.3 Å². The van der Waals surface area contributed by atoms with Gasteiger partial charge in [0.15, 0.2) is 0 Å². The zero-order valence-electron chi connectivity index (χ0n) is 27.7. The molecule has 0 spiro atoms. The number of hydrogen-bond acceptors (Lipinski definition) is 4. The van der Waals surface area contributed by atoms with Crippen LogP contribution >= 0.6 is 0 Å². The van der Waals surface area contributed by atoms with Crippen molar-refractivity contribution >= 4 is 46.4 Å². The Bertz CT molecular complexity index is 2300. The summed E-state index contributed by atoms with van der Waals surface area (Å²) in [5, 5.41) is 8.76. The van der Waals surface area contributed by atoms with E-state index in [-0.39, 0.29) is 0 Å². The number of nitrogens with one attached hydrogen (secondary N) is 2. The molecule has 7 aromatic rings. The number of aromatic amines is 2. The van der Waals surface area contributed by atoms with Crippen LogP contribution in [0, 0.1) is 10.1 Å². The van der Waals surface area contributed by atoms with Gasteiger partial charge in [-0.15, -0.1) is 0 Å². The second-order valence-corrected chi connectivity index (χ2v) is 12.8. The van der Waals surface area contributed by atoms with Crippen LogP contribution < -0.4 is 0 Å². The number of rotatable bonds is 4. The molecule has 0 saturated heterocycles. The summed E-state index contributed by atoms with van der Waals surface area (Å²) in [6, 6.07) is 50.7. The molecule has 2 N–H and O–H groups in total. The molecule has 0 atom stereocenters. The number of hydrogen-bond donors (Lipinski definition) is 2. The Morgan fingerprint density at radius 2 is 0.615 bits per heavy atom. The summed E-state index contributed by atoms with van der Waals surface area (Å²) in [7, 11) is 0. The molecular formula is C44H30N5O2Rh. The molecule has 2 aliphatic heterocycles.